The van der Waals surface area contributed by atoms with Crippen LogP contribution in [0.4, 0.5) is 0 Å². The summed E-state index contributed by atoms with van der Waals surface area (Å²) in [6, 6.07) is 73.1. The Morgan fingerprint density at radius 1 is 0.288 bits per heavy atom. The minimum Gasteiger partial charge on any atom is -0.455 e. The maximum Gasteiger partial charge on any atom is 0.160 e. The lowest BCUT2D eigenvalue weighted by Crippen LogP contribution is -1.96. The summed E-state index contributed by atoms with van der Waals surface area (Å²) in [6.07, 6.45) is 0. The van der Waals surface area contributed by atoms with Crippen molar-refractivity contribution in [1.29, 1.82) is 0 Å². The summed E-state index contributed by atoms with van der Waals surface area (Å²) in [5.41, 5.74) is 18.6. The van der Waals surface area contributed by atoms with Crippen molar-refractivity contribution in [3.63, 3.8) is 0 Å². The average Bonchev–Trinajstić information content (AvgIpc) is 3.86. The lowest BCUT2D eigenvalue weighted by molar-refractivity contribution is 0.673. The fourth-order valence-electron chi connectivity index (χ4n) is 8.96. The van der Waals surface area contributed by atoms with E-state index in [0.717, 1.165) is 83.4 Å². The Balaban J connectivity index is 0.922. The molecule has 0 amide bonds. The van der Waals surface area contributed by atoms with E-state index >= 15 is 0 Å². The second-order valence-corrected chi connectivity index (χ2v) is 15.3. The molecule has 3 nitrogen and oxygen atoms in total. The second kappa shape index (κ2) is 13.4. The van der Waals surface area contributed by atoms with Crippen LogP contribution in [-0.4, -0.2) is 9.97 Å². The first-order valence-corrected chi connectivity index (χ1v) is 20.1. The van der Waals surface area contributed by atoms with Crippen LogP contribution >= 0.6 is 0 Å². The van der Waals surface area contributed by atoms with Crippen molar-refractivity contribution >= 4 is 32.7 Å². The third-order valence-corrected chi connectivity index (χ3v) is 11.8. The van der Waals surface area contributed by atoms with Gasteiger partial charge in [-0.1, -0.05) is 164 Å². The highest BCUT2D eigenvalue weighted by Gasteiger charge is 2.24. The topological polar surface area (TPSA) is 38.9 Å². The molecule has 9 aromatic carbocycles. The van der Waals surface area contributed by atoms with Crippen LogP contribution in [0.15, 0.2) is 211 Å². The van der Waals surface area contributed by atoms with Gasteiger partial charge >= 0.3 is 0 Å². The first-order chi connectivity index (χ1) is 29.2. The Morgan fingerprint density at radius 3 is 1.53 bits per heavy atom. The highest BCUT2D eigenvalue weighted by atomic mass is 16.3. The molecule has 1 aliphatic rings. The van der Waals surface area contributed by atoms with Crippen LogP contribution in [0.1, 0.15) is 0 Å². The van der Waals surface area contributed by atoms with Crippen LogP contribution < -0.4 is 0 Å². The van der Waals surface area contributed by atoms with Gasteiger partial charge in [0.05, 0.1) is 11.4 Å². The molecular weight excluding hydrogens is 717 g/mol. The van der Waals surface area contributed by atoms with Crippen molar-refractivity contribution in [3.8, 4) is 89.5 Å². The van der Waals surface area contributed by atoms with E-state index in [0.29, 0.717) is 5.82 Å². The maximum atomic E-state index is 6.74. The van der Waals surface area contributed by atoms with E-state index in [1.165, 1.54) is 33.0 Å². The van der Waals surface area contributed by atoms with Crippen LogP contribution in [0.5, 0.6) is 0 Å². The number of aromatic nitrogens is 2. The Kier molecular flexibility index (Phi) is 7.54. The molecule has 0 fully saturated rings. The molecule has 0 saturated carbocycles. The molecule has 2 aromatic heterocycles. The van der Waals surface area contributed by atoms with Crippen molar-refractivity contribution in [2.24, 2.45) is 0 Å². The fraction of sp³-hybridized carbons (Fsp3) is 0. The first kappa shape index (κ1) is 33.3. The molecule has 12 rings (SSSR count). The summed E-state index contributed by atoms with van der Waals surface area (Å²) >= 11 is 0. The zero-order chi connectivity index (χ0) is 38.9. The smallest absolute Gasteiger partial charge is 0.160 e. The zero-order valence-corrected chi connectivity index (χ0v) is 31.9. The van der Waals surface area contributed by atoms with Crippen LogP contribution in [-0.2, 0) is 0 Å². The third kappa shape index (κ3) is 5.59. The van der Waals surface area contributed by atoms with Gasteiger partial charge in [0.1, 0.15) is 11.2 Å². The molecule has 1 aliphatic carbocycles. The summed E-state index contributed by atoms with van der Waals surface area (Å²) in [5.74, 6) is 0.694. The van der Waals surface area contributed by atoms with Crippen LogP contribution in [0, 0.1) is 0 Å². The first-order valence-electron chi connectivity index (χ1n) is 20.1. The normalized spacial score (nSPS) is 11.7. The molecule has 2 heterocycles. The zero-order valence-electron chi connectivity index (χ0n) is 31.9. The van der Waals surface area contributed by atoms with E-state index in [-0.39, 0.29) is 0 Å². The molecule has 0 unspecified atom stereocenters. The number of hydrogen-bond acceptors (Lipinski definition) is 3. The van der Waals surface area contributed by atoms with Gasteiger partial charge in [-0.15, -0.1) is 0 Å². The molecule has 0 atom stereocenters. The largest absolute Gasteiger partial charge is 0.455 e. The van der Waals surface area contributed by atoms with Crippen molar-refractivity contribution in [2.45, 2.75) is 0 Å². The Hall–Kier alpha value is -7.88. The van der Waals surface area contributed by atoms with E-state index in [1.54, 1.807) is 0 Å². The highest BCUT2D eigenvalue weighted by molar-refractivity contribution is 6.26. The predicted molar refractivity (Wildman–Crippen MR) is 244 cm³/mol. The standard InChI is InChI=1S/C56H34N2O/c1-3-13-35(14-4-1)37-17-11-22-43(31-37)56-57-51(36-15-5-2-6-16-36)34-52(58-56)42-21-10-20-40(30-42)38-18-9-19-39(29-38)41-27-28-46-50-33-49-45-24-8-7-23-44(45)47-25-12-26-48(54(47)49)55(50)59-53(46)32-41/h1-34H. The fourth-order valence-corrected chi connectivity index (χ4v) is 8.96. The van der Waals surface area contributed by atoms with Crippen LogP contribution in [0.25, 0.3) is 122 Å². The summed E-state index contributed by atoms with van der Waals surface area (Å²) in [7, 11) is 0. The molecule has 3 heteroatoms. The lowest BCUT2D eigenvalue weighted by atomic mass is 9.96. The number of rotatable bonds is 6. The number of furan rings is 1. The van der Waals surface area contributed by atoms with Gasteiger partial charge in [-0.05, 0) is 98.1 Å². The van der Waals surface area contributed by atoms with Crippen LogP contribution in [0.2, 0.25) is 0 Å². The summed E-state index contributed by atoms with van der Waals surface area (Å²) in [4.78, 5) is 10.3. The SMILES string of the molecule is c1ccc(-c2cccc(-c3nc(-c4ccccc4)cc(-c4cccc(-c5cccc(-c6ccc7c(c6)oc6c8cccc9c8c(cc76)-c6ccccc6-9)c5)c4)n3)c2)cc1. The second-order valence-electron chi connectivity index (χ2n) is 15.3. The molecule has 0 bridgehead atoms. The van der Waals surface area contributed by atoms with Gasteiger partial charge in [-0.25, -0.2) is 9.97 Å². The van der Waals surface area contributed by atoms with Gasteiger partial charge in [0.2, 0.25) is 0 Å². The quantitative estimate of drug-likeness (QED) is 0.170. The maximum absolute atomic E-state index is 6.74. The van der Waals surface area contributed by atoms with Crippen molar-refractivity contribution in [2.75, 3.05) is 0 Å². The van der Waals surface area contributed by atoms with Crippen molar-refractivity contribution in [3.05, 3.63) is 206 Å². The van der Waals surface area contributed by atoms with Crippen LogP contribution in [0.3, 0.4) is 0 Å². The molecule has 11 aromatic rings. The summed E-state index contributed by atoms with van der Waals surface area (Å²) in [6.45, 7) is 0. The Labute approximate surface area is 341 Å². The Bertz CT molecular complexity index is 3440. The number of hydrogen-bond donors (Lipinski definition) is 0. The highest BCUT2D eigenvalue weighted by Crippen LogP contribution is 2.50. The van der Waals surface area contributed by atoms with E-state index < -0.39 is 0 Å². The van der Waals surface area contributed by atoms with Gasteiger partial charge < -0.3 is 4.42 Å². The lowest BCUT2D eigenvalue weighted by Gasteiger charge is -2.12. The van der Waals surface area contributed by atoms with E-state index in [1.807, 2.05) is 12.1 Å². The van der Waals surface area contributed by atoms with E-state index in [2.05, 4.69) is 194 Å². The molecule has 274 valence electrons. The minimum absolute atomic E-state index is 0.694. The van der Waals surface area contributed by atoms with Crippen molar-refractivity contribution < 1.29 is 4.42 Å². The Morgan fingerprint density at radius 2 is 0.797 bits per heavy atom. The average molecular weight is 751 g/mol. The molecular formula is C56H34N2O. The van der Waals surface area contributed by atoms with Gasteiger partial charge in [-0.2, -0.15) is 0 Å². The third-order valence-electron chi connectivity index (χ3n) is 11.8. The monoisotopic (exact) mass is 750 g/mol. The summed E-state index contributed by atoms with van der Waals surface area (Å²) < 4.78 is 6.74. The molecule has 0 radical (unpaired) electrons. The van der Waals surface area contributed by atoms with E-state index in [4.69, 9.17) is 14.4 Å². The number of fused-ring (bicyclic) bond motifs is 7. The molecule has 0 N–H and O–H groups in total. The van der Waals surface area contributed by atoms with Gasteiger partial charge in [0, 0.05) is 38.2 Å². The van der Waals surface area contributed by atoms with Gasteiger partial charge in [0.25, 0.3) is 0 Å². The van der Waals surface area contributed by atoms with Crippen molar-refractivity contribution in [1.82, 2.24) is 9.97 Å². The predicted octanol–water partition coefficient (Wildman–Crippen LogP) is 15.2. The van der Waals surface area contributed by atoms with E-state index in [9.17, 15) is 0 Å². The minimum atomic E-state index is 0.694. The molecule has 0 spiro atoms. The molecule has 0 saturated heterocycles. The number of nitrogens with zero attached hydrogens (tertiary/aromatic N) is 2. The summed E-state index contributed by atoms with van der Waals surface area (Å²) in [5, 5.41) is 4.73. The van der Waals surface area contributed by atoms with Gasteiger partial charge in [-0.3, -0.25) is 0 Å². The molecule has 0 aliphatic heterocycles. The number of benzene rings is 9. The van der Waals surface area contributed by atoms with Gasteiger partial charge in [0.15, 0.2) is 5.82 Å². The molecule has 59 heavy (non-hydrogen) atoms.